The quantitative estimate of drug-likeness (QED) is 0.450. The van der Waals surface area contributed by atoms with Crippen LogP contribution in [0.15, 0.2) is 42.7 Å². The van der Waals surface area contributed by atoms with Crippen LogP contribution < -0.4 is 16.0 Å². The van der Waals surface area contributed by atoms with Crippen LogP contribution in [0.2, 0.25) is 0 Å². The largest absolute Gasteiger partial charge is 0.342 e. The van der Waals surface area contributed by atoms with Crippen LogP contribution in [0, 0.1) is 5.41 Å². The van der Waals surface area contributed by atoms with Gasteiger partial charge in [0, 0.05) is 55.0 Å². The van der Waals surface area contributed by atoms with E-state index in [2.05, 4.69) is 18.4 Å². The molecule has 4 heterocycles. The third kappa shape index (κ3) is 4.07. The Hall–Kier alpha value is -4.05. The number of amides is 4. The van der Waals surface area contributed by atoms with Crippen molar-refractivity contribution in [1.82, 2.24) is 20.0 Å². The number of benzene rings is 2. The summed E-state index contributed by atoms with van der Waals surface area (Å²) in [5.74, 6) is -0.682. The van der Waals surface area contributed by atoms with Crippen molar-refractivity contribution in [1.29, 1.82) is 0 Å². The van der Waals surface area contributed by atoms with E-state index in [1.807, 2.05) is 40.0 Å². The summed E-state index contributed by atoms with van der Waals surface area (Å²) in [4.78, 5) is 54.2. The van der Waals surface area contributed by atoms with Gasteiger partial charge in [-0.15, -0.1) is 0 Å². The minimum Gasteiger partial charge on any atom is -0.342 e. The van der Waals surface area contributed by atoms with E-state index in [0.29, 0.717) is 43.7 Å². The molecule has 0 bridgehead atoms. The van der Waals surface area contributed by atoms with Crippen molar-refractivity contribution in [2.75, 3.05) is 24.5 Å². The van der Waals surface area contributed by atoms with E-state index in [1.165, 1.54) is 0 Å². The molecule has 3 aliphatic heterocycles. The number of carbonyl (C=O) groups excluding carboxylic acids is 4. The first-order valence-electron chi connectivity index (χ1n) is 14.5. The number of hydrogen-bond acceptors (Lipinski definition) is 6. The Labute approximate surface area is 237 Å². The highest BCUT2D eigenvalue weighted by molar-refractivity contribution is 6.27. The number of anilines is 1. The number of imide groups is 1. The van der Waals surface area contributed by atoms with E-state index >= 15 is 0 Å². The molecule has 3 N–H and O–H groups in total. The van der Waals surface area contributed by atoms with Crippen LogP contribution in [0.5, 0.6) is 0 Å². The maximum Gasteiger partial charge on any atom is 0.259 e. The third-order valence-corrected chi connectivity index (χ3v) is 9.73. The Bertz CT molecular complexity index is 1610. The van der Waals surface area contributed by atoms with E-state index in [4.69, 9.17) is 10.8 Å². The molecule has 0 radical (unpaired) electrons. The molecule has 2 saturated heterocycles. The highest BCUT2D eigenvalue weighted by Crippen LogP contribution is 2.47. The van der Waals surface area contributed by atoms with E-state index in [0.717, 1.165) is 47.6 Å². The molecule has 3 fully saturated rings. The standard InChI is InChI=1S/C31H34N6O4/c1-30(9-10-30)29(41)35-13-11-31(18-32,12-14-35)36-17-19(16-33-36)15-20-5-6-23-26-21(20)3-2-4-22(26)28(40)37(23)24-7-8-25(38)34-27(24)39/h2-6,16-17,24H,7-15,18,32H2,1H3,(H,34,38,39). The number of rotatable bonds is 6. The summed E-state index contributed by atoms with van der Waals surface area (Å²) >= 11 is 0. The Balaban J connectivity index is 1.14. The van der Waals surface area contributed by atoms with Gasteiger partial charge in [0.2, 0.25) is 17.7 Å². The van der Waals surface area contributed by atoms with Crippen LogP contribution in [0.3, 0.4) is 0 Å². The fourth-order valence-electron chi connectivity index (χ4n) is 6.83. The molecule has 0 spiro atoms. The first kappa shape index (κ1) is 25.9. The molecule has 10 nitrogen and oxygen atoms in total. The minimum absolute atomic E-state index is 0.162. The van der Waals surface area contributed by atoms with Gasteiger partial charge in [0.15, 0.2) is 0 Å². The molecular formula is C31H34N6O4. The highest BCUT2D eigenvalue weighted by Gasteiger charge is 2.49. The van der Waals surface area contributed by atoms with E-state index in [-0.39, 0.29) is 35.1 Å². The molecule has 1 atom stereocenters. The average Bonchev–Trinajstić information content (AvgIpc) is 3.44. The van der Waals surface area contributed by atoms with Gasteiger partial charge in [0.05, 0.1) is 17.4 Å². The van der Waals surface area contributed by atoms with E-state index in [9.17, 15) is 19.2 Å². The first-order chi connectivity index (χ1) is 19.7. The van der Waals surface area contributed by atoms with E-state index in [1.54, 1.807) is 11.0 Å². The molecule has 1 unspecified atom stereocenters. The van der Waals surface area contributed by atoms with Crippen molar-refractivity contribution in [2.45, 2.75) is 63.5 Å². The number of piperidine rings is 2. The molecule has 3 aromatic rings. The Morgan fingerprint density at radius 3 is 2.59 bits per heavy atom. The van der Waals surface area contributed by atoms with Crippen LogP contribution in [0.25, 0.3) is 10.8 Å². The maximum absolute atomic E-state index is 13.5. The van der Waals surface area contributed by atoms with Gasteiger partial charge in [-0.2, -0.15) is 5.10 Å². The molecule has 4 aliphatic rings. The van der Waals surface area contributed by atoms with Gasteiger partial charge < -0.3 is 10.6 Å². The lowest BCUT2D eigenvalue weighted by Gasteiger charge is -2.42. The highest BCUT2D eigenvalue weighted by atomic mass is 16.2. The van der Waals surface area contributed by atoms with Gasteiger partial charge in [-0.1, -0.05) is 25.1 Å². The van der Waals surface area contributed by atoms with Gasteiger partial charge in [0.25, 0.3) is 5.91 Å². The second-order valence-corrected chi connectivity index (χ2v) is 12.4. The summed E-state index contributed by atoms with van der Waals surface area (Å²) in [5.41, 5.74) is 9.21. The molecule has 1 saturated carbocycles. The van der Waals surface area contributed by atoms with Crippen molar-refractivity contribution in [2.24, 2.45) is 11.1 Å². The fraction of sp³-hybridized carbons (Fsp3) is 0.452. The van der Waals surface area contributed by atoms with Crippen molar-refractivity contribution in [3.8, 4) is 0 Å². The van der Waals surface area contributed by atoms with E-state index < -0.39 is 11.9 Å². The Morgan fingerprint density at radius 1 is 1.10 bits per heavy atom. The lowest BCUT2D eigenvalue weighted by molar-refractivity contribution is -0.138. The van der Waals surface area contributed by atoms with Crippen molar-refractivity contribution in [3.05, 3.63) is 59.4 Å². The Kier molecular flexibility index (Phi) is 5.83. The second kappa shape index (κ2) is 9.24. The maximum atomic E-state index is 13.5. The predicted molar refractivity (Wildman–Crippen MR) is 152 cm³/mol. The molecule has 10 heteroatoms. The van der Waals surface area contributed by atoms with Crippen LogP contribution >= 0.6 is 0 Å². The molecular weight excluding hydrogens is 520 g/mol. The normalized spacial score (nSPS) is 22.8. The summed E-state index contributed by atoms with van der Waals surface area (Å²) in [6.45, 7) is 3.88. The first-order valence-corrected chi connectivity index (χ1v) is 14.5. The number of nitrogens with zero attached hydrogens (tertiary/aromatic N) is 4. The average molecular weight is 555 g/mol. The second-order valence-electron chi connectivity index (χ2n) is 12.4. The predicted octanol–water partition coefficient (Wildman–Crippen LogP) is 2.47. The van der Waals surface area contributed by atoms with Crippen LogP contribution in [0.4, 0.5) is 5.69 Å². The van der Waals surface area contributed by atoms with Crippen molar-refractivity contribution < 1.29 is 19.2 Å². The van der Waals surface area contributed by atoms with Gasteiger partial charge >= 0.3 is 0 Å². The van der Waals surface area contributed by atoms with Crippen LogP contribution in [-0.2, 0) is 26.3 Å². The lowest BCUT2D eigenvalue weighted by atomic mass is 9.87. The van der Waals surface area contributed by atoms with Gasteiger partial charge in [-0.25, -0.2) is 0 Å². The topological polar surface area (TPSA) is 131 Å². The zero-order valence-corrected chi connectivity index (χ0v) is 23.2. The molecule has 1 aromatic heterocycles. The van der Waals surface area contributed by atoms with Gasteiger partial charge in [-0.3, -0.25) is 34.1 Å². The minimum atomic E-state index is -0.707. The molecule has 4 amide bonds. The van der Waals surface area contributed by atoms with Crippen LogP contribution in [0.1, 0.15) is 66.9 Å². The zero-order valence-electron chi connectivity index (χ0n) is 23.2. The molecule has 2 aromatic carbocycles. The number of carbonyl (C=O) groups is 4. The smallest absolute Gasteiger partial charge is 0.259 e. The molecule has 212 valence electrons. The SMILES string of the molecule is CC1(C(=O)N2CCC(CN)(n3cc(Cc4ccc5c6c(cccc46)C(=O)N5C4CCC(=O)NC4=O)cn3)CC2)CC1. The number of nitrogens with two attached hydrogens (primary N) is 1. The molecule has 7 rings (SSSR count). The number of likely N-dealkylation sites (tertiary alicyclic amines) is 1. The lowest BCUT2D eigenvalue weighted by Crippen LogP contribution is -2.53. The van der Waals surface area contributed by atoms with Gasteiger partial charge in [-0.05, 0) is 60.7 Å². The van der Waals surface area contributed by atoms with Crippen molar-refractivity contribution >= 4 is 40.1 Å². The summed E-state index contributed by atoms with van der Waals surface area (Å²) in [7, 11) is 0. The zero-order chi connectivity index (χ0) is 28.5. The third-order valence-electron chi connectivity index (χ3n) is 9.73. The number of nitrogens with one attached hydrogen (secondary N) is 1. The molecule has 1 aliphatic carbocycles. The summed E-state index contributed by atoms with van der Waals surface area (Å²) in [5, 5.41) is 8.91. The number of hydrogen-bond donors (Lipinski definition) is 2. The van der Waals surface area contributed by atoms with Crippen LogP contribution in [-0.4, -0.2) is 64.0 Å². The Morgan fingerprint density at radius 2 is 1.88 bits per heavy atom. The van der Waals surface area contributed by atoms with Gasteiger partial charge in [0.1, 0.15) is 6.04 Å². The summed E-state index contributed by atoms with van der Waals surface area (Å²) in [6, 6.07) is 8.90. The number of aromatic nitrogens is 2. The summed E-state index contributed by atoms with van der Waals surface area (Å²) in [6.07, 6.45) is 8.58. The monoisotopic (exact) mass is 554 g/mol. The fourth-order valence-corrected chi connectivity index (χ4v) is 6.83. The molecule has 41 heavy (non-hydrogen) atoms. The van der Waals surface area contributed by atoms with Crippen molar-refractivity contribution in [3.63, 3.8) is 0 Å². The summed E-state index contributed by atoms with van der Waals surface area (Å²) < 4.78 is 2.00.